The second-order valence-corrected chi connectivity index (χ2v) is 9.44. The summed E-state index contributed by atoms with van der Waals surface area (Å²) in [4.78, 5) is 22.5. The molecule has 0 saturated carbocycles. The number of aromatic amines is 1. The van der Waals surface area contributed by atoms with Gasteiger partial charge in [-0.05, 0) is 36.7 Å². The monoisotopic (exact) mass is 455 g/mol. The number of para-hydroxylation sites is 2. The van der Waals surface area contributed by atoms with Gasteiger partial charge >= 0.3 is 5.69 Å². The number of H-pyrrole nitrogens is 1. The fraction of sp³-hybridized carbons (Fsp3) is 0.269. The Morgan fingerprint density at radius 3 is 2.76 bits per heavy atom. The molecule has 33 heavy (non-hydrogen) atoms. The molecule has 6 nitrogen and oxygen atoms in total. The van der Waals surface area contributed by atoms with Crippen molar-refractivity contribution in [1.29, 1.82) is 5.26 Å². The molecule has 1 aliphatic rings. The lowest BCUT2D eigenvalue weighted by Crippen LogP contribution is -2.28. The van der Waals surface area contributed by atoms with Crippen LogP contribution >= 0.6 is 11.8 Å². The number of nitriles is 1. The van der Waals surface area contributed by atoms with Crippen LogP contribution in [0.4, 0.5) is 0 Å². The summed E-state index contributed by atoms with van der Waals surface area (Å²) in [7, 11) is 2.11. The molecule has 0 radical (unpaired) electrons. The number of aryl methyl sites for hydroxylation is 1. The lowest BCUT2D eigenvalue weighted by Gasteiger charge is -2.28. The first-order valence-electron chi connectivity index (χ1n) is 11.2. The highest BCUT2D eigenvalue weighted by Crippen LogP contribution is 2.37. The third-order valence-electron chi connectivity index (χ3n) is 6.13. The molecule has 3 heterocycles. The van der Waals surface area contributed by atoms with Crippen molar-refractivity contribution in [2.45, 2.75) is 31.0 Å². The predicted molar refractivity (Wildman–Crippen MR) is 132 cm³/mol. The molecule has 0 amide bonds. The summed E-state index contributed by atoms with van der Waals surface area (Å²) < 4.78 is 1.78. The number of rotatable bonds is 6. The van der Waals surface area contributed by atoms with Crippen molar-refractivity contribution in [2.24, 2.45) is 0 Å². The summed E-state index contributed by atoms with van der Waals surface area (Å²) in [6.45, 7) is 2.39. The minimum Gasteiger partial charge on any atom is -0.306 e. The first kappa shape index (κ1) is 21.5. The second kappa shape index (κ2) is 9.26. The zero-order valence-electron chi connectivity index (χ0n) is 18.5. The molecule has 0 aliphatic carbocycles. The molecule has 2 aromatic carbocycles. The van der Waals surface area contributed by atoms with Gasteiger partial charge in [0.15, 0.2) is 0 Å². The minimum atomic E-state index is -0.0821. The number of pyridine rings is 1. The smallest absolute Gasteiger partial charge is 0.306 e. The Morgan fingerprint density at radius 1 is 1.15 bits per heavy atom. The van der Waals surface area contributed by atoms with Crippen LogP contribution in [0.25, 0.3) is 22.2 Å². The Hall–Kier alpha value is -3.34. The topological polar surface area (TPSA) is 77.7 Å². The quantitative estimate of drug-likeness (QED) is 0.344. The van der Waals surface area contributed by atoms with Gasteiger partial charge in [-0.15, -0.1) is 11.8 Å². The van der Waals surface area contributed by atoms with Crippen LogP contribution in [0, 0.1) is 11.3 Å². The van der Waals surface area contributed by atoms with E-state index in [-0.39, 0.29) is 5.69 Å². The number of hydrogen-bond donors (Lipinski definition) is 1. The normalized spacial score (nSPS) is 13.7. The van der Waals surface area contributed by atoms with Crippen LogP contribution < -0.4 is 5.69 Å². The summed E-state index contributed by atoms with van der Waals surface area (Å²) >= 11 is 1.61. The number of thioether (sulfide) groups is 1. The molecule has 1 aliphatic heterocycles. The summed E-state index contributed by atoms with van der Waals surface area (Å²) in [6, 6.07) is 20.4. The number of hydrogen-bond acceptors (Lipinski definition) is 5. The van der Waals surface area contributed by atoms with E-state index in [0.29, 0.717) is 12.1 Å². The number of likely N-dealkylation sites (N-methyl/N-ethyl adjacent to an activating group) is 1. The van der Waals surface area contributed by atoms with Gasteiger partial charge in [0.05, 0.1) is 16.6 Å². The highest BCUT2D eigenvalue weighted by atomic mass is 32.2. The van der Waals surface area contributed by atoms with E-state index in [9.17, 15) is 10.1 Å². The molecule has 1 N–H and O–H groups in total. The summed E-state index contributed by atoms with van der Waals surface area (Å²) in [6.07, 6.45) is 1.69. The van der Waals surface area contributed by atoms with Gasteiger partial charge in [0.1, 0.15) is 11.1 Å². The molecule has 2 aromatic heterocycles. The van der Waals surface area contributed by atoms with E-state index in [0.717, 1.165) is 64.6 Å². The molecule has 0 atom stereocenters. The second-order valence-electron chi connectivity index (χ2n) is 8.36. The third-order valence-corrected chi connectivity index (χ3v) is 7.19. The van der Waals surface area contributed by atoms with Gasteiger partial charge in [-0.25, -0.2) is 9.78 Å². The largest absolute Gasteiger partial charge is 0.326 e. The number of imidazole rings is 1. The van der Waals surface area contributed by atoms with E-state index >= 15 is 0 Å². The van der Waals surface area contributed by atoms with Crippen molar-refractivity contribution in [3.05, 3.63) is 81.9 Å². The van der Waals surface area contributed by atoms with Crippen LogP contribution in [0.2, 0.25) is 0 Å². The number of benzene rings is 2. The predicted octanol–water partition coefficient (Wildman–Crippen LogP) is 4.43. The van der Waals surface area contributed by atoms with Crippen molar-refractivity contribution in [3.8, 4) is 17.2 Å². The minimum absolute atomic E-state index is 0.0821. The summed E-state index contributed by atoms with van der Waals surface area (Å²) in [5.41, 5.74) is 6.71. The zero-order valence-corrected chi connectivity index (χ0v) is 19.4. The maximum atomic E-state index is 12.3. The van der Waals surface area contributed by atoms with Crippen LogP contribution in [-0.4, -0.2) is 38.8 Å². The average molecular weight is 456 g/mol. The van der Waals surface area contributed by atoms with E-state index in [4.69, 9.17) is 4.98 Å². The van der Waals surface area contributed by atoms with Crippen LogP contribution in [0.3, 0.4) is 0 Å². The zero-order chi connectivity index (χ0) is 22.8. The van der Waals surface area contributed by atoms with E-state index in [1.165, 1.54) is 5.56 Å². The van der Waals surface area contributed by atoms with Gasteiger partial charge in [0.25, 0.3) is 0 Å². The van der Waals surface area contributed by atoms with Gasteiger partial charge in [0, 0.05) is 43.1 Å². The first-order chi connectivity index (χ1) is 16.2. The molecule has 0 spiro atoms. The van der Waals surface area contributed by atoms with Crippen molar-refractivity contribution in [2.75, 3.05) is 19.3 Å². The van der Waals surface area contributed by atoms with Crippen LogP contribution in [0.5, 0.6) is 0 Å². The van der Waals surface area contributed by atoms with Crippen molar-refractivity contribution < 1.29 is 0 Å². The molecular weight excluding hydrogens is 430 g/mol. The van der Waals surface area contributed by atoms with Crippen molar-refractivity contribution in [3.63, 3.8) is 0 Å². The molecular formula is C26H25N5OS. The van der Waals surface area contributed by atoms with Gasteiger partial charge in [0.2, 0.25) is 0 Å². The molecule has 4 aromatic rings. The molecule has 0 saturated heterocycles. The molecule has 5 rings (SSSR count). The molecule has 0 unspecified atom stereocenters. The van der Waals surface area contributed by atoms with Gasteiger partial charge < -0.3 is 9.88 Å². The fourth-order valence-electron chi connectivity index (χ4n) is 4.52. The third kappa shape index (κ3) is 4.20. The fourth-order valence-corrected chi connectivity index (χ4v) is 5.46. The lowest BCUT2D eigenvalue weighted by atomic mass is 9.92. The lowest BCUT2D eigenvalue weighted by molar-refractivity contribution is 0.309. The Balaban J connectivity index is 1.42. The Morgan fingerprint density at radius 2 is 1.94 bits per heavy atom. The van der Waals surface area contributed by atoms with Gasteiger partial charge in [-0.1, -0.05) is 42.5 Å². The van der Waals surface area contributed by atoms with E-state index in [1.807, 2.05) is 42.5 Å². The molecule has 166 valence electrons. The number of nitrogens with zero attached hydrogens (tertiary/aromatic N) is 4. The van der Waals surface area contributed by atoms with E-state index in [2.05, 4.69) is 35.1 Å². The number of aromatic nitrogens is 3. The summed E-state index contributed by atoms with van der Waals surface area (Å²) in [5, 5.41) is 10.9. The standard InChI is InChI=1S/C26H25N5OS/c1-30-14-12-21-20(17-30)24(18-8-3-2-4-9-18)19(16-27)25(28-21)33-15-7-13-31-23-11-6-5-10-22(23)29-26(31)32/h2-6,8-11H,7,12-15,17H2,1H3,(H,29,32). The maximum Gasteiger partial charge on any atom is 0.326 e. The van der Waals surface area contributed by atoms with Gasteiger partial charge in [-0.2, -0.15) is 5.26 Å². The van der Waals surface area contributed by atoms with Crippen LogP contribution in [0.15, 0.2) is 64.4 Å². The maximum absolute atomic E-state index is 12.3. The first-order valence-corrected chi connectivity index (χ1v) is 12.1. The van der Waals surface area contributed by atoms with E-state index < -0.39 is 0 Å². The number of fused-ring (bicyclic) bond motifs is 2. The average Bonchev–Trinajstić information content (AvgIpc) is 3.16. The molecule has 7 heteroatoms. The van der Waals surface area contributed by atoms with E-state index in [1.54, 1.807) is 16.3 Å². The van der Waals surface area contributed by atoms with Crippen LogP contribution in [0.1, 0.15) is 23.2 Å². The van der Waals surface area contributed by atoms with Crippen LogP contribution in [-0.2, 0) is 19.5 Å². The van der Waals surface area contributed by atoms with Crippen molar-refractivity contribution >= 4 is 22.8 Å². The number of nitrogens with one attached hydrogen (secondary N) is 1. The highest BCUT2D eigenvalue weighted by Gasteiger charge is 2.24. The highest BCUT2D eigenvalue weighted by molar-refractivity contribution is 7.99. The Bertz CT molecular complexity index is 1400. The Labute approximate surface area is 196 Å². The van der Waals surface area contributed by atoms with Crippen molar-refractivity contribution in [1.82, 2.24) is 19.4 Å². The van der Waals surface area contributed by atoms with Gasteiger partial charge in [-0.3, -0.25) is 4.57 Å². The Kier molecular flexibility index (Phi) is 6.03. The summed E-state index contributed by atoms with van der Waals surface area (Å²) in [5.74, 6) is 0.778. The molecule has 0 bridgehead atoms. The SMILES string of the molecule is CN1CCc2nc(SCCCn3c(=O)[nH]c4ccccc43)c(C#N)c(-c3ccccc3)c2C1. The molecule has 0 fully saturated rings.